The van der Waals surface area contributed by atoms with E-state index in [1.54, 1.807) is 0 Å². The Kier molecular flexibility index (Phi) is 4.96. The van der Waals surface area contributed by atoms with E-state index < -0.39 is 0 Å². The maximum absolute atomic E-state index is 10.9. The van der Waals surface area contributed by atoms with Crippen molar-refractivity contribution in [1.82, 2.24) is 9.78 Å². The van der Waals surface area contributed by atoms with Gasteiger partial charge in [-0.3, -0.25) is 4.68 Å². The molecule has 0 aromatic carbocycles. The van der Waals surface area contributed by atoms with E-state index in [0.29, 0.717) is 11.3 Å². The molecule has 3 nitrogen and oxygen atoms in total. The highest BCUT2D eigenvalue weighted by Gasteiger charge is 2.57. The molecule has 4 saturated carbocycles. The van der Waals surface area contributed by atoms with E-state index >= 15 is 0 Å². The van der Waals surface area contributed by atoms with Gasteiger partial charge in [0.2, 0.25) is 0 Å². The van der Waals surface area contributed by atoms with Crippen LogP contribution in [0.2, 0.25) is 0 Å². The predicted molar refractivity (Wildman–Crippen MR) is 117 cm³/mol. The summed E-state index contributed by atoms with van der Waals surface area (Å²) in [5.41, 5.74) is 1.48. The van der Waals surface area contributed by atoms with Crippen LogP contribution < -0.4 is 0 Å². The third-order valence-corrected chi connectivity index (χ3v) is 10.2. The normalized spacial score (nSPS) is 46.6. The van der Waals surface area contributed by atoms with Gasteiger partial charge in [-0.05, 0) is 111 Å². The van der Waals surface area contributed by atoms with E-state index in [9.17, 15) is 5.11 Å². The number of allylic oxidation sites excluding steroid dienone is 1. The van der Waals surface area contributed by atoms with E-state index in [0.717, 1.165) is 55.4 Å². The lowest BCUT2D eigenvalue weighted by atomic mass is 9.48. The summed E-state index contributed by atoms with van der Waals surface area (Å²) in [5.74, 6) is 5.06. The Morgan fingerprint density at radius 3 is 2.69 bits per heavy atom. The van der Waals surface area contributed by atoms with Crippen LogP contribution in [0.4, 0.5) is 0 Å². The van der Waals surface area contributed by atoms with Gasteiger partial charge in [-0.25, -0.2) is 0 Å². The molecular formula is C26H40N2O. The fourth-order valence-electron chi connectivity index (χ4n) is 8.67. The maximum Gasteiger partial charge on any atom is 0.0648 e. The van der Waals surface area contributed by atoms with Crippen molar-refractivity contribution in [1.29, 1.82) is 0 Å². The topological polar surface area (TPSA) is 38.0 Å². The van der Waals surface area contributed by atoms with Crippen LogP contribution in [0.3, 0.4) is 0 Å². The van der Waals surface area contributed by atoms with Crippen molar-refractivity contribution in [3.8, 4) is 0 Å². The van der Waals surface area contributed by atoms with Crippen LogP contribution in [-0.2, 0) is 6.54 Å². The third-order valence-electron chi connectivity index (χ3n) is 10.2. The highest BCUT2D eigenvalue weighted by atomic mass is 16.3. The monoisotopic (exact) mass is 396 g/mol. The van der Waals surface area contributed by atoms with Crippen LogP contribution >= 0.6 is 0 Å². The first-order valence-electron chi connectivity index (χ1n) is 12.3. The number of nitrogens with zero attached hydrogens (tertiary/aromatic N) is 2. The average Bonchev–Trinajstić information content (AvgIpc) is 3.34. The highest BCUT2D eigenvalue weighted by Crippen LogP contribution is 2.65. The molecule has 0 radical (unpaired) electrons. The molecule has 0 aliphatic heterocycles. The molecule has 160 valence electrons. The number of hydrogen-bond donors (Lipinski definition) is 1. The standard InChI is InChI=1S/C26H40N2O/c1-4-26(29)13-11-20-19(16-26)6-7-22-21(20)10-12-25(3)23(8-9-24(22)25)18(2)17-28-15-5-14-27-28/h5,14-15,19-24,29H,2,4,6-13,16-17H2,1,3H3/t19-,20+,21-,22-,23-,24+,25-,26-/m1/s1. The van der Waals surface area contributed by atoms with E-state index in [1.165, 1.54) is 50.5 Å². The summed E-state index contributed by atoms with van der Waals surface area (Å²) in [5, 5.41) is 15.3. The summed E-state index contributed by atoms with van der Waals surface area (Å²) in [6.07, 6.45) is 16.5. The fraction of sp³-hybridized carbons (Fsp3) is 0.808. The first kappa shape index (κ1) is 19.8. The minimum atomic E-state index is -0.361. The van der Waals surface area contributed by atoms with E-state index in [1.807, 2.05) is 16.9 Å². The molecule has 29 heavy (non-hydrogen) atoms. The maximum atomic E-state index is 10.9. The number of rotatable bonds is 4. The number of hydrogen-bond acceptors (Lipinski definition) is 2. The minimum Gasteiger partial charge on any atom is -0.390 e. The average molecular weight is 397 g/mol. The SMILES string of the molecule is C=C(Cn1cccn1)[C@H]1CC[C@H]2[C@@H]3CC[C@@H]4C[C@@](O)(CC)CC[C@@H]4[C@H]3CC[C@]12C. The van der Waals surface area contributed by atoms with Gasteiger partial charge in [0.15, 0.2) is 0 Å². The minimum absolute atomic E-state index is 0.361. The smallest absolute Gasteiger partial charge is 0.0648 e. The van der Waals surface area contributed by atoms with Crippen molar-refractivity contribution in [2.75, 3.05) is 0 Å². The predicted octanol–water partition coefficient (Wildman–Crippen LogP) is 5.85. The van der Waals surface area contributed by atoms with Crippen LogP contribution in [-0.4, -0.2) is 20.5 Å². The Morgan fingerprint density at radius 2 is 1.93 bits per heavy atom. The Balaban J connectivity index is 1.31. The fourth-order valence-corrected chi connectivity index (χ4v) is 8.67. The van der Waals surface area contributed by atoms with Gasteiger partial charge in [-0.15, -0.1) is 0 Å². The molecule has 0 spiro atoms. The molecule has 1 aromatic rings. The molecule has 4 aliphatic rings. The Labute approximate surface area is 177 Å². The van der Waals surface area contributed by atoms with Crippen molar-refractivity contribution >= 4 is 0 Å². The number of aliphatic hydroxyl groups is 1. The molecule has 1 aromatic heterocycles. The summed E-state index contributed by atoms with van der Waals surface area (Å²) >= 11 is 0. The first-order chi connectivity index (χ1) is 13.9. The van der Waals surface area contributed by atoms with E-state index in [-0.39, 0.29) is 5.60 Å². The number of fused-ring (bicyclic) bond motifs is 5. The van der Waals surface area contributed by atoms with Gasteiger partial charge in [-0.1, -0.05) is 26.0 Å². The van der Waals surface area contributed by atoms with Gasteiger partial charge < -0.3 is 5.11 Å². The van der Waals surface area contributed by atoms with Crippen LogP contribution in [0.1, 0.15) is 78.1 Å². The molecule has 0 saturated heterocycles. The van der Waals surface area contributed by atoms with Gasteiger partial charge in [0.05, 0.1) is 12.1 Å². The third kappa shape index (κ3) is 3.23. The molecule has 3 heteroatoms. The zero-order valence-corrected chi connectivity index (χ0v) is 18.5. The summed E-state index contributed by atoms with van der Waals surface area (Å²) in [6, 6.07) is 2.01. The lowest BCUT2D eigenvalue weighted by molar-refractivity contribution is -0.105. The summed E-state index contributed by atoms with van der Waals surface area (Å²) < 4.78 is 2.05. The molecule has 1 heterocycles. The van der Waals surface area contributed by atoms with Crippen molar-refractivity contribution in [2.45, 2.75) is 90.2 Å². The Hall–Kier alpha value is -1.09. The van der Waals surface area contributed by atoms with E-state index in [2.05, 4.69) is 31.7 Å². The quantitative estimate of drug-likeness (QED) is 0.648. The molecular weight excluding hydrogens is 356 g/mol. The van der Waals surface area contributed by atoms with Crippen molar-refractivity contribution < 1.29 is 5.11 Å². The second-order valence-electron chi connectivity index (χ2n) is 11.3. The lowest BCUT2D eigenvalue weighted by Crippen LogP contribution is -2.51. The molecule has 1 N–H and O–H groups in total. The second-order valence-corrected chi connectivity index (χ2v) is 11.3. The zero-order chi connectivity index (χ0) is 20.2. The van der Waals surface area contributed by atoms with Crippen molar-refractivity contribution in [2.24, 2.45) is 40.9 Å². The molecule has 5 rings (SSSR count). The van der Waals surface area contributed by atoms with Gasteiger partial charge >= 0.3 is 0 Å². The summed E-state index contributed by atoms with van der Waals surface area (Å²) in [6.45, 7) is 10.2. The van der Waals surface area contributed by atoms with Gasteiger partial charge in [0, 0.05) is 12.4 Å². The van der Waals surface area contributed by atoms with Gasteiger partial charge in [-0.2, -0.15) is 5.10 Å². The summed E-state index contributed by atoms with van der Waals surface area (Å²) in [7, 11) is 0. The van der Waals surface area contributed by atoms with Crippen LogP contribution in [0.5, 0.6) is 0 Å². The van der Waals surface area contributed by atoms with Crippen LogP contribution in [0.25, 0.3) is 0 Å². The molecule has 0 bridgehead atoms. The van der Waals surface area contributed by atoms with Crippen LogP contribution in [0.15, 0.2) is 30.6 Å². The Morgan fingerprint density at radius 1 is 1.10 bits per heavy atom. The molecule has 0 amide bonds. The molecule has 8 atom stereocenters. The van der Waals surface area contributed by atoms with Gasteiger partial charge in [0.25, 0.3) is 0 Å². The Bertz CT molecular complexity index is 742. The molecule has 0 unspecified atom stereocenters. The van der Waals surface area contributed by atoms with E-state index in [4.69, 9.17) is 0 Å². The highest BCUT2D eigenvalue weighted by molar-refractivity contribution is 5.15. The molecule has 4 aliphatic carbocycles. The molecule has 4 fully saturated rings. The number of aromatic nitrogens is 2. The van der Waals surface area contributed by atoms with Crippen LogP contribution in [0, 0.1) is 40.9 Å². The first-order valence-corrected chi connectivity index (χ1v) is 12.3. The van der Waals surface area contributed by atoms with Crippen molar-refractivity contribution in [3.05, 3.63) is 30.6 Å². The van der Waals surface area contributed by atoms with Gasteiger partial charge in [0.1, 0.15) is 0 Å². The lowest BCUT2D eigenvalue weighted by Gasteiger charge is -2.57. The largest absolute Gasteiger partial charge is 0.390 e. The second kappa shape index (κ2) is 7.25. The zero-order valence-electron chi connectivity index (χ0n) is 18.5. The van der Waals surface area contributed by atoms with Crippen molar-refractivity contribution in [3.63, 3.8) is 0 Å². The summed E-state index contributed by atoms with van der Waals surface area (Å²) in [4.78, 5) is 0.